The normalized spacial score (nSPS) is 16.1. The Morgan fingerprint density at radius 1 is 1.08 bits per heavy atom. The van der Waals surface area contributed by atoms with Crippen molar-refractivity contribution in [3.8, 4) is 11.5 Å². The van der Waals surface area contributed by atoms with Gasteiger partial charge in [0.15, 0.2) is 12.7 Å². The lowest BCUT2D eigenvalue weighted by atomic mass is 10.2. The quantitative estimate of drug-likeness (QED) is 0.804. The molecule has 6 heteroatoms. The molecular formula is C20H21NO5. The summed E-state index contributed by atoms with van der Waals surface area (Å²) in [6.45, 7) is 2.24. The van der Waals surface area contributed by atoms with E-state index in [1.165, 1.54) is 0 Å². The predicted molar refractivity (Wildman–Crippen MR) is 96.3 cm³/mol. The number of anilines is 1. The topological polar surface area (TPSA) is 73.9 Å². The second-order valence-electron chi connectivity index (χ2n) is 6.10. The van der Waals surface area contributed by atoms with Crippen molar-refractivity contribution in [1.29, 1.82) is 0 Å². The Bertz CT molecular complexity index is 749. The molecule has 1 N–H and O–H groups in total. The van der Waals surface area contributed by atoms with Crippen LogP contribution < -0.4 is 10.1 Å². The van der Waals surface area contributed by atoms with Crippen molar-refractivity contribution in [3.05, 3.63) is 54.1 Å². The van der Waals surface area contributed by atoms with Crippen molar-refractivity contribution in [2.24, 2.45) is 0 Å². The summed E-state index contributed by atoms with van der Waals surface area (Å²) in [5.74, 6) is 0.521. The number of rotatable bonds is 6. The molecule has 1 fully saturated rings. The highest BCUT2D eigenvalue weighted by Gasteiger charge is 2.25. The molecule has 1 aliphatic rings. The van der Waals surface area contributed by atoms with Gasteiger partial charge in [0, 0.05) is 12.3 Å². The number of ether oxygens (including phenoxy) is 3. The fourth-order valence-electron chi connectivity index (χ4n) is 2.54. The van der Waals surface area contributed by atoms with Gasteiger partial charge in [-0.1, -0.05) is 17.7 Å². The molecule has 0 radical (unpaired) electrons. The summed E-state index contributed by atoms with van der Waals surface area (Å²) in [7, 11) is 0. The van der Waals surface area contributed by atoms with Gasteiger partial charge in [0.05, 0.1) is 0 Å². The van der Waals surface area contributed by atoms with E-state index in [9.17, 15) is 9.59 Å². The Hall–Kier alpha value is -2.86. The Balaban J connectivity index is 1.46. The van der Waals surface area contributed by atoms with Gasteiger partial charge in [-0.25, -0.2) is 4.79 Å². The third-order valence-electron chi connectivity index (χ3n) is 3.93. The molecule has 0 spiro atoms. The lowest BCUT2D eigenvalue weighted by Gasteiger charge is -2.10. The highest BCUT2D eigenvalue weighted by Crippen LogP contribution is 2.23. The molecule has 1 saturated heterocycles. The number of esters is 1. The molecule has 0 aliphatic carbocycles. The van der Waals surface area contributed by atoms with Crippen molar-refractivity contribution in [2.75, 3.05) is 18.5 Å². The van der Waals surface area contributed by atoms with Crippen molar-refractivity contribution in [3.63, 3.8) is 0 Å². The van der Waals surface area contributed by atoms with Crippen molar-refractivity contribution < 1.29 is 23.8 Å². The van der Waals surface area contributed by atoms with Gasteiger partial charge in [-0.3, -0.25) is 4.79 Å². The summed E-state index contributed by atoms with van der Waals surface area (Å²) in [6.07, 6.45) is 0.937. The van der Waals surface area contributed by atoms with Gasteiger partial charge in [0.2, 0.25) is 0 Å². The minimum atomic E-state index is -0.541. The Kier molecular flexibility index (Phi) is 5.86. The van der Waals surface area contributed by atoms with Gasteiger partial charge in [-0.15, -0.1) is 0 Å². The summed E-state index contributed by atoms with van der Waals surface area (Å²) >= 11 is 0. The van der Waals surface area contributed by atoms with E-state index < -0.39 is 18.0 Å². The van der Waals surface area contributed by atoms with E-state index in [-0.39, 0.29) is 6.61 Å². The first-order valence-electron chi connectivity index (χ1n) is 8.53. The van der Waals surface area contributed by atoms with E-state index >= 15 is 0 Å². The standard InChI is InChI=1S/C20H21NO5/c1-14-4-8-16(9-5-14)26-17-10-6-15(7-11-17)21-19(22)13-25-20(23)18-3-2-12-24-18/h4-11,18H,2-3,12-13H2,1H3,(H,21,22)/t18-/m1/s1. The minimum Gasteiger partial charge on any atom is -0.457 e. The van der Waals surface area contributed by atoms with Crippen molar-refractivity contribution >= 4 is 17.6 Å². The van der Waals surface area contributed by atoms with Crippen LogP contribution in [0.1, 0.15) is 18.4 Å². The molecule has 6 nitrogen and oxygen atoms in total. The van der Waals surface area contributed by atoms with Crippen LogP contribution >= 0.6 is 0 Å². The number of benzene rings is 2. The van der Waals surface area contributed by atoms with E-state index in [0.29, 0.717) is 24.5 Å². The van der Waals surface area contributed by atoms with Gasteiger partial charge < -0.3 is 19.5 Å². The SMILES string of the molecule is Cc1ccc(Oc2ccc(NC(=O)COC(=O)[C@H]3CCCO3)cc2)cc1. The Labute approximate surface area is 152 Å². The number of aryl methyl sites for hydroxylation is 1. The summed E-state index contributed by atoms with van der Waals surface area (Å²) in [5, 5.41) is 2.67. The van der Waals surface area contributed by atoms with Crippen molar-refractivity contribution in [1.82, 2.24) is 0 Å². The molecule has 0 aromatic heterocycles. The van der Waals surface area contributed by atoms with Crippen LogP contribution in [-0.2, 0) is 19.1 Å². The molecule has 0 saturated carbocycles. The van der Waals surface area contributed by atoms with Gasteiger partial charge in [0.1, 0.15) is 11.5 Å². The number of carbonyl (C=O) groups excluding carboxylic acids is 2. The van der Waals surface area contributed by atoms with E-state index in [1.807, 2.05) is 31.2 Å². The first-order valence-corrected chi connectivity index (χ1v) is 8.53. The summed E-state index contributed by atoms with van der Waals surface area (Å²) in [6, 6.07) is 14.7. The highest BCUT2D eigenvalue weighted by atomic mass is 16.6. The van der Waals surface area contributed by atoms with E-state index in [0.717, 1.165) is 17.7 Å². The summed E-state index contributed by atoms with van der Waals surface area (Å²) in [5.41, 5.74) is 1.76. The number of amides is 1. The molecular weight excluding hydrogens is 334 g/mol. The molecule has 2 aromatic carbocycles. The lowest BCUT2D eigenvalue weighted by molar-refractivity contribution is -0.156. The predicted octanol–water partition coefficient (Wildman–Crippen LogP) is 3.45. The maximum absolute atomic E-state index is 11.9. The average molecular weight is 355 g/mol. The molecule has 0 bridgehead atoms. The zero-order valence-electron chi connectivity index (χ0n) is 14.6. The van der Waals surface area contributed by atoms with Crippen molar-refractivity contribution in [2.45, 2.75) is 25.9 Å². The zero-order chi connectivity index (χ0) is 18.4. The number of hydrogen-bond donors (Lipinski definition) is 1. The molecule has 3 rings (SSSR count). The smallest absolute Gasteiger partial charge is 0.335 e. The number of carbonyl (C=O) groups is 2. The summed E-state index contributed by atoms with van der Waals surface area (Å²) in [4.78, 5) is 23.6. The molecule has 26 heavy (non-hydrogen) atoms. The third-order valence-corrected chi connectivity index (χ3v) is 3.93. The van der Waals surface area contributed by atoms with Crippen LogP contribution in [0.5, 0.6) is 11.5 Å². The van der Waals surface area contributed by atoms with Crippen LogP contribution in [0.15, 0.2) is 48.5 Å². The van der Waals surface area contributed by atoms with Crippen LogP contribution in [0, 0.1) is 6.92 Å². The van der Waals surface area contributed by atoms with Crippen LogP contribution in [-0.4, -0.2) is 31.2 Å². The lowest BCUT2D eigenvalue weighted by Crippen LogP contribution is -2.27. The van der Waals surface area contributed by atoms with E-state index in [4.69, 9.17) is 14.2 Å². The van der Waals surface area contributed by atoms with Crippen LogP contribution in [0.4, 0.5) is 5.69 Å². The average Bonchev–Trinajstić information content (AvgIpc) is 3.18. The second-order valence-corrected chi connectivity index (χ2v) is 6.10. The number of nitrogens with one attached hydrogen (secondary N) is 1. The third kappa shape index (κ3) is 5.07. The highest BCUT2D eigenvalue weighted by molar-refractivity contribution is 5.93. The molecule has 0 unspecified atom stereocenters. The molecule has 2 aromatic rings. The first-order chi connectivity index (χ1) is 12.6. The molecule has 1 atom stereocenters. The Morgan fingerprint density at radius 3 is 2.35 bits per heavy atom. The second kappa shape index (κ2) is 8.49. The van der Waals surface area contributed by atoms with Crippen LogP contribution in [0.25, 0.3) is 0 Å². The molecule has 1 amide bonds. The fourth-order valence-corrected chi connectivity index (χ4v) is 2.54. The Morgan fingerprint density at radius 2 is 1.73 bits per heavy atom. The molecule has 136 valence electrons. The first kappa shape index (κ1) is 17.9. The van der Waals surface area contributed by atoms with E-state index in [1.54, 1.807) is 24.3 Å². The summed E-state index contributed by atoms with van der Waals surface area (Å²) < 4.78 is 15.9. The van der Waals surface area contributed by atoms with Gasteiger partial charge in [0.25, 0.3) is 5.91 Å². The maximum atomic E-state index is 11.9. The monoisotopic (exact) mass is 355 g/mol. The van der Waals surface area contributed by atoms with Gasteiger partial charge in [-0.2, -0.15) is 0 Å². The number of hydrogen-bond acceptors (Lipinski definition) is 5. The van der Waals surface area contributed by atoms with Gasteiger partial charge >= 0.3 is 5.97 Å². The maximum Gasteiger partial charge on any atom is 0.335 e. The van der Waals surface area contributed by atoms with Crippen LogP contribution in [0.3, 0.4) is 0 Å². The largest absolute Gasteiger partial charge is 0.457 e. The van der Waals surface area contributed by atoms with E-state index in [2.05, 4.69) is 5.32 Å². The molecule has 1 aliphatic heterocycles. The molecule has 1 heterocycles. The zero-order valence-corrected chi connectivity index (χ0v) is 14.6. The van der Waals surface area contributed by atoms with Gasteiger partial charge in [-0.05, 0) is 56.2 Å². The minimum absolute atomic E-state index is 0.333. The fraction of sp³-hybridized carbons (Fsp3) is 0.300. The van der Waals surface area contributed by atoms with Crippen LogP contribution in [0.2, 0.25) is 0 Å².